The van der Waals surface area contributed by atoms with E-state index < -0.39 is 47.7 Å². The van der Waals surface area contributed by atoms with E-state index in [0.717, 1.165) is 60.5 Å². The molecule has 11 nitrogen and oxygen atoms in total. The Bertz CT molecular complexity index is 3190. The molecule has 4 atom stereocenters. The van der Waals surface area contributed by atoms with Crippen LogP contribution in [0.15, 0.2) is 194 Å². The molecular formula is C63H60N2O9. The van der Waals surface area contributed by atoms with Crippen LogP contribution < -0.4 is 10.6 Å². The van der Waals surface area contributed by atoms with Crippen molar-refractivity contribution in [2.24, 2.45) is 11.8 Å². The maximum atomic E-state index is 13.4. The largest absolute Gasteiger partial charge is 0.508 e. The lowest BCUT2D eigenvalue weighted by Crippen LogP contribution is -2.45. The molecule has 8 rings (SSSR count). The topological polar surface area (TPSA) is 187 Å². The summed E-state index contributed by atoms with van der Waals surface area (Å²) in [4.78, 5) is 76.7. The lowest BCUT2D eigenvalue weighted by molar-refractivity contribution is -0.143. The SMILES string of the molecule is Cc1ccc(C[C@H](NC(=O)[C@@H](CC(=O)Cc2ccc3ccccc3c2)Cc2ccc(O)cc2)C(=O)O)cc1.O=C(Cc1ccc2ccccc2c1)C[C@@H](Cc1ccccc1)C(=O)N[C@@H](Cc1ccccc1)C(=O)O. The number of amides is 2. The van der Waals surface area contributed by atoms with Crippen molar-refractivity contribution in [2.75, 3.05) is 0 Å². The van der Waals surface area contributed by atoms with Crippen LogP contribution in [0.3, 0.4) is 0 Å². The van der Waals surface area contributed by atoms with Crippen LogP contribution in [-0.4, -0.2) is 62.7 Å². The maximum Gasteiger partial charge on any atom is 0.326 e. The average molecular weight is 989 g/mol. The number of aromatic hydroxyl groups is 1. The third-order valence-electron chi connectivity index (χ3n) is 12.9. The summed E-state index contributed by atoms with van der Waals surface area (Å²) >= 11 is 0. The molecule has 0 saturated heterocycles. The molecule has 8 aromatic rings. The highest BCUT2D eigenvalue weighted by molar-refractivity contribution is 5.93. The Balaban J connectivity index is 0.000000217. The third-order valence-corrected chi connectivity index (χ3v) is 12.9. The second-order valence-electron chi connectivity index (χ2n) is 18.8. The quantitative estimate of drug-likeness (QED) is 0.0441. The highest BCUT2D eigenvalue weighted by Gasteiger charge is 2.29. The molecule has 0 aliphatic carbocycles. The van der Waals surface area contributed by atoms with Gasteiger partial charge >= 0.3 is 11.9 Å². The molecule has 0 saturated carbocycles. The average Bonchev–Trinajstić information content (AvgIpc) is 3.39. The van der Waals surface area contributed by atoms with Crippen molar-refractivity contribution in [3.8, 4) is 5.75 Å². The minimum Gasteiger partial charge on any atom is -0.508 e. The second-order valence-corrected chi connectivity index (χ2v) is 18.8. The molecule has 0 heterocycles. The Kier molecular flexibility index (Phi) is 18.8. The van der Waals surface area contributed by atoms with Gasteiger partial charge in [-0.2, -0.15) is 0 Å². The molecule has 0 bridgehead atoms. The molecule has 5 N–H and O–H groups in total. The summed E-state index contributed by atoms with van der Waals surface area (Å²) < 4.78 is 0. The molecule has 2 amide bonds. The van der Waals surface area contributed by atoms with Crippen molar-refractivity contribution in [1.82, 2.24) is 10.6 Å². The molecule has 0 radical (unpaired) electrons. The van der Waals surface area contributed by atoms with E-state index in [1.54, 1.807) is 12.1 Å². The van der Waals surface area contributed by atoms with Gasteiger partial charge in [0.2, 0.25) is 11.8 Å². The molecular weight excluding hydrogens is 929 g/mol. The first-order valence-electron chi connectivity index (χ1n) is 24.7. The van der Waals surface area contributed by atoms with E-state index in [0.29, 0.717) is 6.42 Å². The molecule has 0 fully saturated rings. The van der Waals surface area contributed by atoms with Crippen LogP contribution in [0.2, 0.25) is 0 Å². The van der Waals surface area contributed by atoms with Crippen LogP contribution >= 0.6 is 0 Å². The van der Waals surface area contributed by atoms with Gasteiger partial charge in [0.05, 0.1) is 0 Å². The number of hydrogen-bond acceptors (Lipinski definition) is 7. The van der Waals surface area contributed by atoms with Crippen LogP contribution in [-0.2, 0) is 67.3 Å². The fraction of sp³-hybridized carbons (Fsp3) is 0.206. The van der Waals surface area contributed by atoms with Crippen LogP contribution in [0.4, 0.5) is 0 Å². The van der Waals surface area contributed by atoms with E-state index >= 15 is 0 Å². The summed E-state index contributed by atoms with van der Waals surface area (Å²) in [5.74, 6) is -4.63. The van der Waals surface area contributed by atoms with Crippen molar-refractivity contribution in [3.05, 3.63) is 233 Å². The van der Waals surface area contributed by atoms with Gasteiger partial charge in [-0.1, -0.05) is 188 Å². The van der Waals surface area contributed by atoms with E-state index in [-0.39, 0.29) is 62.3 Å². The Hall–Kier alpha value is -8.70. The van der Waals surface area contributed by atoms with Gasteiger partial charge in [-0.15, -0.1) is 0 Å². The number of carboxylic acids is 2. The van der Waals surface area contributed by atoms with Crippen LogP contribution in [0.5, 0.6) is 5.75 Å². The van der Waals surface area contributed by atoms with Gasteiger partial charge in [-0.25, -0.2) is 9.59 Å². The van der Waals surface area contributed by atoms with Crippen molar-refractivity contribution in [2.45, 2.75) is 70.4 Å². The number of nitrogens with one attached hydrogen (secondary N) is 2. The normalized spacial score (nSPS) is 12.6. The standard InChI is InChI=1S/C32H31NO5.C31H29NO4/c1-21-6-8-23(9-7-21)19-30(32(37)38)33-31(36)27(16-22-11-14-28(34)15-12-22)20-29(35)18-24-10-13-25-4-2-3-5-26(25)17-24;33-28(19-24-15-16-25-13-7-8-14-26(25)18-24)21-27(17-22-9-3-1-4-10-22)30(34)32-29(31(35)36)20-23-11-5-2-6-12-23/h2-15,17,27,30,34H,16,18-20H2,1H3,(H,33,36)(H,37,38);1-16,18,27,29H,17,19-21H2,(H,32,34)(H,35,36)/t27-,30+;27-,29+/m11/s1. The Morgan fingerprint density at radius 3 is 1.15 bits per heavy atom. The van der Waals surface area contributed by atoms with Gasteiger partial charge in [0.15, 0.2) is 0 Å². The van der Waals surface area contributed by atoms with Crippen molar-refractivity contribution >= 4 is 56.9 Å². The van der Waals surface area contributed by atoms with E-state index in [9.17, 15) is 44.1 Å². The summed E-state index contributed by atoms with van der Waals surface area (Å²) in [6.45, 7) is 1.95. The van der Waals surface area contributed by atoms with E-state index in [1.807, 2.05) is 177 Å². The number of aryl methyl sites for hydroxylation is 1. The van der Waals surface area contributed by atoms with Crippen molar-refractivity contribution in [3.63, 3.8) is 0 Å². The lowest BCUT2D eigenvalue weighted by Gasteiger charge is -2.21. The number of carbonyl (C=O) groups excluding carboxylic acids is 4. The van der Waals surface area contributed by atoms with Crippen LogP contribution in [0, 0.1) is 18.8 Å². The summed E-state index contributed by atoms with van der Waals surface area (Å²) in [5, 5.41) is 38.8. The molecule has 0 aromatic heterocycles. The number of carboxylic acid groups (broad SMARTS) is 2. The number of carbonyl (C=O) groups is 6. The van der Waals surface area contributed by atoms with Gasteiger partial charge in [-0.05, 0) is 86.8 Å². The number of ketones is 2. The number of phenols is 1. The maximum absolute atomic E-state index is 13.4. The number of hydrogen-bond donors (Lipinski definition) is 5. The fourth-order valence-electron chi connectivity index (χ4n) is 8.97. The van der Waals surface area contributed by atoms with E-state index in [1.165, 1.54) is 12.1 Å². The molecule has 11 heteroatoms. The monoisotopic (exact) mass is 988 g/mol. The fourth-order valence-corrected chi connectivity index (χ4v) is 8.97. The Morgan fingerprint density at radius 1 is 0.392 bits per heavy atom. The summed E-state index contributed by atoms with van der Waals surface area (Å²) in [7, 11) is 0. The number of fused-ring (bicyclic) bond motifs is 2. The molecule has 0 aliphatic rings. The molecule has 0 unspecified atom stereocenters. The Morgan fingerprint density at radius 2 is 0.730 bits per heavy atom. The summed E-state index contributed by atoms with van der Waals surface area (Å²) in [6.07, 6.45) is 1.30. The zero-order valence-corrected chi connectivity index (χ0v) is 41.2. The molecule has 74 heavy (non-hydrogen) atoms. The van der Waals surface area contributed by atoms with Crippen LogP contribution in [0.25, 0.3) is 21.5 Å². The van der Waals surface area contributed by atoms with Crippen LogP contribution in [0.1, 0.15) is 51.8 Å². The van der Waals surface area contributed by atoms with Gasteiger partial charge in [0.1, 0.15) is 29.4 Å². The Labute approximate surface area is 430 Å². The summed E-state index contributed by atoms with van der Waals surface area (Å²) in [6, 6.07) is 58.1. The molecule has 0 spiro atoms. The van der Waals surface area contributed by atoms with Crippen molar-refractivity contribution < 1.29 is 44.1 Å². The smallest absolute Gasteiger partial charge is 0.326 e. The number of benzene rings is 8. The number of Topliss-reactive ketones (excluding diaryl/α,β-unsaturated/α-hetero) is 2. The third kappa shape index (κ3) is 16.2. The highest BCUT2D eigenvalue weighted by Crippen LogP contribution is 2.23. The lowest BCUT2D eigenvalue weighted by atomic mass is 9.90. The predicted molar refractivity (Wildman–Crippen MR) is 288 cm³/mol. The molecule has 376 valence electrons. The van der Waals surface area contributed by atoms with Gasteiger partial charge in [-0.3, -0.25) is 19.2 Å². The predicted octanol–water partition coefficient (Wildman–Crippen LogP) is 10.0. The first-order chi connectivity index (χ1) is 35.7. The van der Waals surface area contributed by atoms with E-state index in [2.05, 4.69) is 10.6 Å². The zero-order valence-electron chi connectivity index (χ0n) is 41.2. The number of rotatable bonds is 22. The van der Waals surface area contributed by atoms with Gasteiger partial charge in [0.25, 0.3) is 0 Å². The minimum atomic E-state index is -1.13. The highest BCUT2D eigenvalue weighted by atomic mass is 16.4. The van der Waals surface area contributed by atoms with Crippen molar-refractivity contribution in [1.29, 1.82) is 0 Å². The zero-order chi connectivity index (χ0) is 52.4. The minimum absolute atomic E-state index is 0.0313. The second kappa shape index (κ2) is 26.1. The molecule has 8 aromatic carbocycles. The summed E-state index contributed by atoms with van der Waals surface area (Å²) in [5.41, 5.74) is 6.12. The first kappa shape index (κ1) is 53.1. The van der Waals surface area contributed by atoms with Gasteiger partial charge in [0, 0.05) is 50.4 Å². The first-order valence-corrected chi connectivity index (χ1v) is 24.7. The molecule has 0 aliphatic heterocycles. The number of phenolic OH excluding ortho intramolecular Hbond substituents is 1. The van der Waals surface area contributed by atoms with E-state index in [4.69, 9.17) is 0 Å². The van der Waals surface area contributed by atoms with Gasteiger partial charge < -0.3 is 26.0 Å². The number of aliphatic carboxylic acids is 2.